The van der Waals surface area contributed by atoms with Crippen LogP contribution in [0.25, 0.3) is 22.3 Å². The molecule has 0 unspecified atom stereocenters. The summed E-state index contributed by atoms with van der Waals surface area (Å²) < 4.78 is 7.11. The van der Waals surface area contributed by atoms with E-state index in [1.807, 2.05) is 24.3 Å². The van der Waals surface area contributed by atoms with E-state index in [-0.39, 0.29) is 5.91 Å². The molecule has 0 aliphatic carbocycles. The lowest BCUT2D eigenvalue weighted by Gasteiger charge is -2.07. The van der Waals surface area contributed by atoms with Crippen molar-refractivity contribution in [2.75, 3.05) is 7.05 Å². The van der Waals surface area contributed by atoms with E-state index in [0.29, 0.717) is 28.8 Å². The van der Waals surface area contributed by atoms with Gasteiger partial charge in [0.05, 0.1) is 29.1 Å². The van der Waals surface area contributed by atoms with Crippen molar-refractivity contribution < 1.29 is 9.21 Å². The Hall–Kier alpha value is -3.48. The molecule has 0 fully saturated rings. The minimum absolute atomic E-state index is 0.185. The normalized spacial score (nSPS) is 10.9. The Morgan fingerprint density at radius 3 is 2.92 bits per heavy atom. The second-order valence-electron chi connectivity index (χ2n) is 5.49. The van der Waals surface area contributed by atoms with Crippen molar-refractivity contribution in [3.63, 3.8) is 0 Å². The van der Waals surface area contributed by atoms with Crippen molar-refractivity contribution in [1.29, 1.82) is 0 Å². The van der Waals surface area contributed by atoms with E-state index < -0.39 is 0 Å². The SMILES string of the molecule is CNC(=O)c1cc(-c2cccnc2)nc2c1cnn2Cc1ccco1. The number of carbonyl (C=O) groups excluding carboxylic acids is 1. The molecule has 0 aliphatic heterocycles. The fraction of sp³-hybridized carbons (Fsp3) is 0.111. The second kappa shape index (κ2) is 6.20. The van der Waals surface area contributed by atoms with Crippen LogP contribution in [0.4, 0.5) is 0 Å². The number of nitrogens with one attached hydrogen (secondary N) is 1. The summed E-state index contributed by atoms with van der Waals surface area (Å²) in [7, 11) is 1.60. The lowest BCUT2D eigenvalue weighted by Crippen LogP contribution is -2.18. The first-order chi connectivity index (χ1) is 12.3. The van der Waals surface area contributed by atoms with Crippen LogP contribution in [0.5, 0.6) is 0 Å². The van der Waals surface area contributed by atoms with E-state index in [2.05, 4.69) is 15.4 Å². The number of carbonyl (C=O) groups is 1. The third-order valence-electron chi connectivity index (χ3n) is 3.92. The molecule has 7 heteroatoms. The lowest BCUT2D eigenvalue weighted by molar-refractivity contribution is 0.0964. The average Bonchev–Trinajstić information content (AvgIpc) is 3.32. The van der Waals surface area contributed by atoms with Gasteiger partial charge in [0.25, 0.3) is 5.91 Å². The monoisotopic (exact) mass is 333 g/mol. The molecular weight excluding hydrogens is 318 g/mol. The summed E-state index contributed by atoms with van der Waals surface area (Å²) in [4.78, 5) is 21.2. The van der Waals surface area contributed by atoms with Crippen molar-refractivity contribution >= 4 is 16.9 Å². The highest BCUT2D eigenvalue weighted by atomic mass is 16.3. The first-order valence-corrected chi connectivity index (χ1v) is 7.77. The van der Waals surface area contributed by atoms with Gasteiger partial charge in [-0.25, -0.2) is 9.67 Å². The van der Waals surface area contributed by atoms with E-state index >= 15 is 0 Å². The number of hydrogen-bond donors (Lipinski definition) is 1. The Labute approximate surface area is 143 Å². The van der Waals surface area contributed by atoms with Gasteiger partial charge in [0.1, 0.15) is 12.3 Å². The number of pyridine rings is 2. The van der Waals surface area contributed by atoms with Crippen molar-refractivity contribution in [2.45, 2.75) is 6.54 Å². The number of hydrogen-bond acceptors (Lipinski definition) is 5. The number of amides is 1. The first kappa shape index (κ1) is 15.1. The zero-order valence-electron chi connectivity index (χ0n) is 13.5. The molecule has 1 amide bonds. The standard InChI is InChI=1S/C18H15N5O2/c1-19-18(24)14-8-16(12-4-2-6-20-9-12)22-17-15(14)10-21-23(17)11-13-5-3-7-25-13/h2-10H,11H2,1H3,(H,19,24). The van der Waals surface area contributed by atoms with Gasteiger partial charge in [-0.05, 0) is 30.3 Å². The Balaban J connectivity index is 1.90. The highest BCUT2D eigenvalue weighted by Gasteiger charge is 2.17. The van der Waals surface area contributed by atoms with Gasteiger partial charge in [-0.1, -0.05) is 0 Å². The summed E-state index contributed by atoms with van der Waals surface area (Å²) in [5.41, 5.74) is 2.65. The van der Waals surface area contributed by atoms with E-state index in [1.165, 1.54) is 0 Å². The summed E-state index contributed by atoms with van der Waals surface area (Å²) in [6.45, 7) is 0.438. The summed E-state index contributed by atoms with van der Waals surface area (Å²) >= 11 is 0. The molecule has 124 valence electrons. The molecule has 0 aromatic carbocycles. The molecule has 4 rings (SSSR count). The van der Waals surface area contributed by atoms with Crippen molar-refractivity contribution in [3.8, 4) is 11.3 Å². The maximum Gasteiger partial charge on any atom is 0.251 e. The molecule has 0 saturated carbocycles. The number of rotatable bonds is 4. The van der Waals surface area contributed by atoms with Gasteiger partial charge in [-0.3, -0.25) is 9.78 Å². The quantitative estimate of drug-likeness (QED) is 0.620. The third-order valence-corrected chi connectivity index (χ3v) is 3.92. The van der Waals surface area contributed by atoms with Crippen LogP contribution in [-0.4, -0.2) is 32.7 Å². The van der Waals surface area contributed by atoms with Crippen LogP contribution >= 0.6 is 0 Å². The largest absolute Gasteiger partial charge is 0.467 e. The van der Waals surface area contributed by atoms with Crippen molar-refractivity contribution in [2.24, 2.45) is 0 Å². The Morgan fingerprint density at radius 2 is 2.20 bits per heavy atom. The van der Waals surface area contributed by atoms with Crippen LogP contribution in [0, 0.1) is 0 Å². The third kappa shape index (κ3) is 2.76. The summed E-state index contributed by atoms with van der Waals surface area (Å²) in [5.74, 6) is 0.579. The van der Waals surface area contributed by atoms with E-state index in [0.717, 1.165) is 11.3 Å². The molecule has 0 spiro atoms. The van der Waals surface area contributed by atoms with Crippen molar-refractivity contribution in [3.05, 3.63) is 66.5 Å². The molecule has 0 aliphatic rings. The molecule has 4 aromatic heterocycles. The highest BCUT2D eigenvalue weighted by molar-refractivity contribution is 6.06. The van der Waals surface area contributed by atoms with Gasteiger partial charge in [0.15, 0.2) is 5.65 Å². The molecule has 0 atom stereocenters. The van der Waals surface area contributed by atoms with E-state index in [1.54, 1.807) is 42.6 Å². The van der Waals surface area contributed by atoms with Gasteiger partial charge in [-0.15, -0.1) is 0 Å². The van der Waals surface area contributed by atoms with E-state index in [4.69, 9.17) is 9.40 Å². The predicted molar refractivity (Wildman–Crippen MR) is 92.0 cm³/mol. The number of nitrogens with zero attached hydrogens (tertiary/aromatic N) is 4. The van der Waals surface area contributed by atoms with Crippen molar-refractivity contribution in [1.82, 2.24) is 25.1 Å². The second-order valence-corrected chi connectivity index (χ2v) is 5.49. The van der Waals surface area contributed by atoms with Gasteiger partial charge in [0, 0.05) is 25.0 Å². The van der Waals surface area contributed by atoms with Gasteiger partial charge < -0.3 is 9.73 Å². The fourth-order valence-corrected chi connectivity index (χ4v) is 2.70. The molecule has 25 heavy (non-hydrogen) atoms. The molecule has 0 saturated heterocycles. The maximum atomic E-state index is 12.3. The summed E-state index contributed by atoms with van der Waals surface area (Å²) in [6.07, 6.45) is 6.69. The zero-order chi connectivity index (χ0) is 17.2. The summed E-state index contributed by atoms with van der Waals surface area (Å²) in [6, 6.07) is 9.20. The van der Waals surface area contributed by atoms with Crippen LogP contribution in [0.1, 0.15) is 16.1 Å². The van der Waals surface area contributed by atoms with Gasteiger partial charge >= 0.3 is 0 Å². The van der Waals surface area contributed by atoms with Crippen LogP contribution in [0.2, 0.25) is 0 Å². The number of fused-ring (bicyclic) bond motifs is 1. The number of aromatic nitrogens is 4. The van der Waals surface area contributed by atoms with Crippen LogP contribution in [-0.2, 0) is 6.54 Å². The Kier molecular flexibility index (Phi) is 3.74. The first-order valence-electron chi connectivity index (χ1n) is 7.77. The fourth-order valence-electron chi connectivity index (χ4n) is 2.70. The van der Waals surface area contributed by atoms with E-state index in [9.17, 15) is 4.79 Å². The van der Waals surface area contributed by atoms with Crippen LogP contribution in [0.15, 0.2) is 59.6 Å². The highest BCUT2D eigenvalue weighted by Crippen LogP contribution is 2.25. The Morgan fingerprint density at radius 1 is 1.28 bits per heavy atom. The molecule has 1 N–H and O–H groups in total. The number of furan rings is 1. The zero-order valence-corrected chi connectivity index (χ0v) is 13.5. The predicted octanol–water partition coefficient (Wildman–Crippen LogP) is 2.49. The topological polar surface area (TPSA) is 85.8 Å². The minimum Gasteiger partial charge on any atom is -0.467 e. The molecule has 4 heterocycles. The smallest absolute Gasteiger partial charge is 0.251 e. The lowest BCUT2D eigenvalue weighted by atomic mass is 10.1. The van der Waals surface area contributed by atoms with Gasteiger partial charge in [0.2, 0.25) is 0 Å². The molecular formula is C18H15N5O2. The van der Waals surface area contributed by atoms with Gasteiger partial charge in [-0.2, -0.15) is 5.10 Å². The van der Waals surface area contributed by atoms with Crippen LogP contribution in [0.3, 0.4) is 0 Å². The Bertz CT molecular complexity index is 1020. The maximum absolute atomic E-state index is 12.3. The van der Waals surface area contributed by atoms with Crippen LogP contribution < -0.4 is 5.32 Å². The summed E-state index contributed by atoms with van der Waals surface area (Å²) in [5, 5.41) is 7.74. The molecule has 0 bridgehead atoms. The molecule has 4 aromatic rings. The average molecular weight is 333 g/mol. The minimum atomic E-state index is -0.185. The molecule has 0 radical (unpaired) electrons. The molecule has 7 nitrogen and oxygen atoms in total.